The first kappa shape index (κ1) is 20.9. The fraction of sp³-hybridized carbons (Fsp3) is 0.381. The molecule has 27 heavy (non-hydrogen) atoms. The lowest BCUT2D eigenvalue weighted by Crippen LogP contribution is -2.30. The molecule has 0 saturated carbocycles. The molecular weight excluding hydrogens is 366 g/mol. The van der Waals surface area contributed by atoms with E-state index in [2.05, 4.69) is 19.2 Å². The SMILES string of the molecule is COc1cc(NC(=O)[C@@H](C)Oc2cc(C)ccc2C(C)C)c(OC)cc1Cl. The molecule has 0 aliphatic rings. The van der Waals surface area contributed by atoms with Crippen molar-refractivity contribution in [1.82, 2.24) is 0 Å². The number of rotatable bonds is 7. The first-order chi connectivity index (χ1) is 12.8. The lowest BCUT2D eigenvalue weighted by molar-refractivity contribution is -0.122. The number of nitrogens with one attached hydrogen (secondary N) is 1. The van der Waals surface area contributed by atoms with Crippen LogP contribution in [0.1, 0.15) is 37.8 Å². The molecular formula is C21H26ClNO4. The molecule has 2 aromatic rings. The molecule has 0 spiro atoms. The quantitative estimate of drug-likeness (QED) is 0.705. The van der Waals surface area contributed by atoms with Crippen LogP contribution in [0.2, 0.25) is 5.02 Å². The zero-order valence-electron chi connectivity index (χ0n) is 16.6. The number of ether oxygens (including phenoxy) is 3. The summed E-state index contributed by atoms with van der Waals surface area (Å²) in [7, 11) is 3.02. The van der Waals surface area contributed by atoms with Gasteiger partial charge in [-0.15, -0.1) is 0 Å². The zero-order valence-corrected chi connectivity index (χ0v) is 17.3. The molecule has 0 saturated heterocycles. The highest BCUT2D eigenvalue weighted by Crippen LogP contribution is 2.36. The molecule has 0 aromatic heterocycles. The number of methoxy groups -OCH3 is 2. The third kappa shape index (κ3) is 5.07. The maximum atomic E-state index is 12.7. The van der Waals surface area contributed by atoms with Crippen molar-refractivity contribution >= 4 is 23.2 Å². The number of anilines is 1. The molecule has 0 unspecified atom stereocenters. The van der Waals surface area contributed by atoms with Gasteiger partial charge in [-0.05, 0) is 37.0 Å². The number of benzene rings is 2. The maximum absolute atomic E-state index is 12.7. The van der Waals surface area contributed by atoms with Gasteiger partial charge >= 0.3 is 0 Å². The summed E-state index contributed by atoms with van der Waals surface area (Å²) in [4.78, 5) is 12.7. The van der Waals surface area contributed by atoms with E-state index >= 15 is 0 Å². The van der Waals surface area contributed by atoms with Gasteiger partial charge in [0.1, 0.15) is 17.2 Å². The van der Waals surface area contributed by atoms with E-state index in [9.17, 15) is 4.79 Å². The lowest BCUT2D eigenvalue weighted by atomic mass is 10.0. The largest absolute Gasteiger partial charge is 0.495 e. The van der Waals surface area contributed by atoms with Gasteiger partial charge in [-0.2, -0.15) is 0 Å². The van der Waals surface area contributed by atoms with Crippen molar-refractivity contribution < 1.29 is 19.0 Å². The molecule has 2 aromatic carbocycles. The van der Waals surface area contributed by atoms with Gasteiger partial charge in [-0.3, -0.25) is 4.79 Å². The standard InChI is InChI=1S/C21H26ClNO4/c1-12(2)15-8-7-13(3)9-18(15)27-14(4)21(24)23-17-11-19(25-5)16(22)10-20(17)26-6/h7-12,14H,1-6H3,(H,23,24)/t14-/m1/s1. The van der Waals surface area contributed by atoms with E-state index in [0.717, 1.165) is 11.1 Å². The minimum atomic E-state index is -0.698. The zero-order chi connectivity index (χ0) is 20.1. The Bertz CT molecular complexity index is 820. The van der Waals surface area contributed by atoms with Crippen LogP contribution >= 0.6 is 11.6 Å². The lowest BCUT2D eigenvalue weighted by Gasteiger charge is -2.20. The minimum Gasteiger partial charge on any atom is -0.495 e. The highest BCUT2D eigenvalue weighted by Gasteiger charge is 2.20. The fourth-order valence-electron chi connectivity index (χ4n) is 2.66. The molecule has 0 bridgehead atoms. The molecule has 1 amide bonds. The number of halogens is 1. The van der Waals surface area contributed by atoms with Crippen LogP contribution in [0.4, 0.5) is 5.69 Å². The van der Waals surface area contributed by atoms with Gasteiger partial charge in [0.2, 0.25) is 0 Å². The van der Waals surface area contributed by atoms with Crippen LogP contribution in [0.3, 0.4) is 0 Å². The number of amides is 1. The van der Waals surface area contributed by atoms with Crippen LogP contribution in [0.25, 0.3) is 0 Å². The third-order valence-corrected chi connectivity index (χ3v) is 4.49. The van der Waals surface area contributed by atoms with Gasteiger partial charge in [0.25, 0.3) is 5.91 Å². The number of carbonyl (C=O) groups excluding carboxylic acids is 1. The molecule has 1 N–H and O–H groups in total. The van der Waals surface area contributed by atoms with Crippen molar-refractivity contribution in [2.75, 3.05) is 19.5 Å². The van der Waals surface area contributed by atoms with Crippen LogP contribution in [0.5, 0.6) is 17.2 Å². The Morgan fingerprint density at radius 3 is 2.26 bits per heavy atom. The van der Waals surface area contributed by atoms with E-state index in [4.69, 9.17) is 25.8 Å². The normalized spacial score (nSPS) is 11.9. The average Bonchev–Trinajstić information content (AvgIpc) is 2.62. The number of hydrogen-bond donors (Lipinski definition) is 1. The van der Waals surface area contributed by atoms with Gasteiger partial charge in [-0.1, -0.05) is 37.6 Å². The Balaban J connectivity index is 2.21. The average molecular weight is 392 g/mol. The Morgan fingerprint density at radius 1 is 1.00 bits per heavy atom. The van der Waals surface area contributed by atoms with E-state index in [1.807, 2.05) is 25.1 Å². The Kier molecular flexibility index (Phi) is 6.97. The molecule has 0 radical (unpaired) electrons. The van der Waals surface area contributed by atoms with Crippen molar-refractivity contribution in [3.8, 4) is 17.2 Å². The highest BCUT2D eigenvalue weighted by molar-refractivity contribution is 6.32. The number of carbonyl (C=O) groups is 1. The predicted octanol–water partition coefficient (Wildman–Crippen LogP) is 5.20. The second kappa shape index (κ2) is 9.00. The van der Waals surface area contributed by atoms with Crippen molar-refractivity contribution in [2.45, 2.75) is 39.7 Å². The van der Waals surface area contributed by atoms with Gasteiger partial charge in [-0.25, -0.2) is 0 Å². The first-order valence-electron chi connectivity index (χ1n) is 8.76. The smallest absolute Gasteiger partial charge is 0.265 e. The first-order valence-corrected chi connectivity index (χ1v) is 9.14. The summed E-state index contributed by atoms with van der Waals surface area (Å²) in [6, 6.07) is 9.24. The summed E-state index contributed by atoms with van der Waals surface area (Å²) in [6.45, 7) is 7.88. The minimum absolute atomic E-state index is 0.288. The number of aryl methyl sites for hydroxylation is 1. The summed E-state index contributed by atoms with van der Waals surface area (Å²) in [5.74, 6) is 1.60. The van der Waals surface area contributed by atoms with E-state index in [-0.39, 0.29) is 11.8 Å². The predicted molar refractivity (Wildman–Crippen MR) is 109 cm³/mol. The van der Waals surface area contributed by atoms with Crippen LogP contribution in [0, 0.1) is 6.92 Å². The molecule has 6 heteroatoms. The molecule has 0 heterocycles. The van der Waals surface area contributed by atoms with Crippen LogP contribution < -0.4 is 19.5 Å². The summed E-state index contributed by atoms with van der Waals surface area (Å²) >= 11 is 6.11. The van der Waals surface area contributed by atoms with Gasteiger partial charge < -0.3 is 19.5 Å². The molecule has 5 nitrogen and oxygen atoms in total. The summed E-state index contributed by atoms with van der Waals surface area (Å²) in [6.07, 6.45) is -0.698. The van der Waals surface area contributed by atoms with E-state index in [1.165, 1.54) is 14.2 Å². The second-order valence-corrected chi connectivity index (χ2v) is 7.04. The molecule has 146 valence electrons. The van der Waals surface area contributed by atoms with Gasteiger partial charge in [0.05, 0.1) is 24.9 Å². The van der Waals surface area contributed by atoms with E-state index in [1.54, 1.807) is 19.1 Å². The third-order valence-electron chi connectivity index (χ3n) is 4.20. The molecule has 0 fully saturated rings. The molecule has 1 atom stereocenters. The number of hydrogen-bond acceptors (Lipinski definition) is 4. The van der Waals surface area contributed by atoms with Crippen molar-refractivity contribution in [2.24, 2.45) is 0 Å². The molecule has 0 aliphatic heterocycles. The summed E-state index contributed by atoms with van der Waals surface area (Å²) < 4.78 is 16.5. The van der Waals surface area contributed by atoms with Crippen LogP contribution in [0.15, 0.2) is 30.3 Å². The Labute approximate surface area is 165 Å². The fourth-order valence-corrected chi connectivity index (χ4v) is 2.89. The monoisotopic (exact) mass is 391 g/mol. The summed E-state index contributed by atoms with van der Waals surface area (Å²) in [5.41, 5.74) is 2.60. The second-order valence-electron chi connectivity index (χ2n) is 6.63. The van der Waals surface area contributed by atoms with E-state index in [0.29, 0.717) is 28.0 Å². The van der Waals surface area contributed by atoms with Crippen molar-refractivity contribution in [3.63, 3.8) is 0 Å². The Morgan fingerprint density at radius 2 is 1.67 bits per heavy atom. The van der Waals surface area contributed by atoms with Gasteiger partial charge in [0, 0.05) is 12.1 Å². The topological polar surface area (TPSA) is 56.8 Å². The van der Waals surface area contributed by atoms with Crippen molar-refractivity contribution in [1.29, 1.82) is 0 Å². The van der Waals surface area contributed by atoms with Gasteiger partial charge in [0.15, 0.2) is 6.10 Å². The van der Waals surface area contributed by atoms with Crippen LogP contribution in [-0.4, -0.2) is 26.2 Å². The maximum Gasteiger partial charge on any atom is 0.265 e. The molecule has 2 rings (SSSR count). The highest BCUT2D eigenvalue weighted by atomic mass is 35.5. The summed E-state index contributed by atoms with van der Waals surface area (Å²) in [5, 5.41) is 3.22. The Hall–Kier alpha value is -2.40. The van der Waals surface area contributed by atoms with E-state index < -0.39 is 6.10 Å². The van der Waals surface area contributed by atoms with Crippen LogP contribution in [-0.2, 0) is 4.79 Å². The van der Waals surface area contributed by atoms with Crippen molar-refractivity contribution in [3.05, 3.63) is 46.5 Å². The molecule has 0 aliphatic carbocycles.